The van der Waals surface area contributed by atoms with Crippen LogP contribution in [-0.2, 0) is 19.5 Å². The van der Waals surface area contributed by atoms with Crippen molar-refractivity contribution >= 4 is 0 Å². The number of hydrogen-bond acceptors (Lipinski definition) is 3. The molecule has 0 aliphatic carbocycles. The predicted molar refractivity (Wildman–Crippen MR) is 70.0 cm³/mol. The third-order valence-corrected chi connectivity index (χ3v) is 3.63. The van der Waals surface area contributed by atoms with Crippen LogP contribution in [0, 0.1) is 0 Å². The van der Waals surface area contributed by atoms with E-state index in [1.54, 1.807) is 0 Å². The highest BCUT2D eigenvalue weighted by Gasteiger charge is 2.14. The molecule has 0 amide bonds. The molecule has 0 saturated heterocycles. The number of rotatable bonds is 6. The molecule has 1 N–H and O–H groups in total. The first-order valence-electron chi connectivity index (χ1n) is 6.81. The molecule has 4 nitrogen and oxygen atoms in total. The van der Waals surface area contributed by atoms with Gasteiger partial charge in [0.15, 0.2) is 0 Å². The summed E-state index contributed by atoms with van der Waals surface area (Å²) in [7, 11) is 0. The molecule has 1 aromatic rings. The highest BCUT2D eigenvalue weighted by molar-refractivity contribution is 5.16. The van der Waals surface area contributed by atoms with Crippen LogP contribution in [0.3, 0.4) is 0 Å². The number of imidazole rings is 1. The van der Waals surface area contributed by atoms with Crippen molar-refractivity contribution in [2.24, 2.45) is 0 Å². The normalized spacial score (nSPS) is 15.2. The van der Waals surface area contributed by atoms with Gasteiger partial charge < -0.3 is 14.8 Å². The fraction of sp³-hybridized carbons (Fsp3) is 0.769. The molecule has 0 fully saturated rings. The second-order valence-corrected chi connectivity index (χ2v) is 4.64. The van der Waals surface area contributed by atoms with Crippen molar-refractivity contribution in [2.75, 3.05) is 26.2 Å². The molecule has 1 aromatic heterocycles. The SMILES string of the molecule is CCN(CC)CCCn1cnc2c1CCNC2. The van der Waals surface area contributed by atoms with Crippen LogP contribution in [0.15, 0.2) is 6.33 Å². The first kappa shape index (κ1) is 12.6. The summed E-state index contributed by atoms with van der Waals surface area (Å²) in [6.07, 6.45) is 4.36. The van der Waals surface area contributed by atoms with Gasteiger partial charge in [-0.05, 0) is 26.1 Å². The van der Waals surface area contributed by atoms with Gasteiger partial charge in [0, 0.05) is 31.7 Å². The van der Waals surface area contributed by atoms with Gasteiger partial charge in [0.2, 0.25) is 0 Å². The maximum absolute atomic E-state index is 4.48. The number of nitrogens with one attached hydrogen (secondary N) is 1. The van der Waals surface area contributed by atoms with Gasteiger partial charge in [-0.1, -0.05) is 13.8 Å². The molecule has 17 heavy (non-hydrogen) atoms. The highest BCUT2D eigenvalue weighted by atomic mass is 15.1. The van der Waals surface area contributed by atoms with Gasteiger partial charge in [0.1, 0.15) is 0 Å². The van der Waals surface area contributed by atoms with Crippen molar-refractivity contribution in [1.82, 2.24) is 19.8 Å². The lowest BCUT2D eigenvalue weighted by atomic mass is 10.2. The summed E-state index contributed by atoms with van der Waals surface area (Å²) >= 11 is 0. The number of nitrogens with zero attached hydrogens (tertiary/aromatic N) is 3. The second kappa shape index (κ2) is 6.17. The van der Waals surface area contributed by atoms with Crippen LogP contribution in [0.1, 0.15) is 31.7 Å². The van der Waals surface area contributed by atoms with Crippen LogP contribution >= 0.6 is 0 Å². The van der Waals surface area contributed by atoms with E-state index in [0.29, 0.717) is 0 Å². The summed E-state index contributed by atoms with van der Waals surface area (Å²) in [5, 5.41) is 3.36. The molecular formula is C13H24N4. The van der Waals surface area contributed by atoms with Gasteiger partial charge in [-0.2, -0.15) is 0 Å². The Balaban J connectivity index is 1.85. The zero-order valence-corrected chi connectivity index (χ0v) is 11.1. The van der Waals surface area contributed by atoms with Gasteiger partial charge in [-0.25, -0.2) is 4.98 Å². The topological polar surface area (TPSA) is 33.1 Å². The molecule has 0 spiro atoms. The molecule has 0 atom stereocenters. The van der Waals surface area contributed by atoms with Gasteiger partial charge in [0.25, 0.3) is 0 Å². The van der Waals surface area contributed by atoms with E-state index in [9.17, 15) is 0 Å². The van der Waals surface area contributed by atoms with Crippen molar-refractivity contribution < 1.29 is 0 Å². The summed E-state index contributed by atoms with van der Waals surface area (Å²) in [5.41, 5.74) is 2.70. The molecule has 96 valence electrons. The largest absolute Gasteiger partial charge is 0.334 e. The molecular weight excluding hydrogens is 212 g/mol. The average Bonchev–Trinajstić information content (AvgIpc) is 2.78. The first-order valence-corrected chi connectivity index (χ1v) is 6.81. The Labute approximate surface area is 104 Å². The quantitative estimate of drug-likeness (QED) is 0.807. The number of aromatic nitrogens is 2. The number of fused-ring (bicyclic) bond motifs is 1. The Hall–Kier alpha value is -0.870. The minimum absolute atomic E-state index is 0.943. The monoisotopic (exact) mass is 236 g/mol. The molecule has 0 aromatic carbocycles. The molecule has 2 rings (SSSR count). The molecule has 1 aliphatic heterocycles. The third kappa shape index (κ3) is 3.07. The molecule has 2 heterocycles. The number of hydrogen-bond donors (Lipinski definition) is 1. The lowest BCUT2D eigenvalue weighted by Crippen LogP contribution is -2.26. The lowest BCUT2D eigenvalue weighted by molar-refractivity contribution is 0.292. The fourth-order valence-electron chi connectivity index (χ4n) is 2.50. The van der Waals surface area contributed by atoms with Crippen LogP contribution < -0.4 is 5.32 Å². The minimum atomic E-state index is 0.943. The van der Waals surface area contributed by atoms with E-state index in [-0.39, 0.29) is 0 Å². The fourth-order valence-corrected chi connectivity index (χ4v) is 2.50. The summed E-state index contributed by atoms with van der Waals surface area (Å²) in [6, 6.07) is 0. The molecule has 0 bridgehead atoms. The summed E-state index contributed by atoms with van der Waals surface area (Å²) in [6.45, 7) is 11.1. The Morgan fingerprint density at radius 3 is 3.00 bits per heavy atom. The van der Waals surface area contributed by atoms with E-state index in [1.807, 2.05) is 6.33 Å². The van der Waals surface area contributed by atoms with Crippen molar-refractivity contribution in [3.63, 3.8) is 0 Å². The number of aryl methyl sites for hydroxylation is 1. The van der Waals surface area contributed by atoms with Crippen LogP contribution in [0.4, 0.5) is 0 Å². The minimum Gasteiger partial charge on any atom is -0.334 e. The van der Waals surface area contributed by atoms with E-state index in [1.165, 1.54) is 24.4 Å². The van der Waals surface area contributed by atoms with Gasteiger partial charge >= 0.3 is 0 Å². The third-order valence-electron chi connectivity index (χ3n) is 3.63. The molecule has 0 unspecified atom stereocenters. The van der Waals surface area contributed by atoms with Crippen molar-refractivity contribution in [3.8, 4) is 0 Å². The molecule has 0 radical (unpaired) electrons. The average molecular weight is 236 g/mol. The predicted octanol–water partition coefficient (Wildman–Crippen LogP) is 1.26. The van der Waals surface area contributed by atoms with Crippen molar-refractivity contribution in [1.29, 1.82) is 0 Å². The molecule has 4 heteroatoms. The zero-order chi connectivity index (χ0) is 12.1. The summed E-state index contributed by atoms with van der Waals surface area (Å²) in [5.74, 6) is 0. The van der Waals surface area contributed by atoms with E-state index < -0.39 is 0 Å². The van der Waals surface area contributed by atoms with Crippen molar-refractivity contribution in [3.05, 3.63) is 17.7 Å². The van der Waals surface area contributed by atoms with E-state index in [4.69, 9.17) is 0 Å². The van der Waals surface area contributed by atoms with Crippen molar-refractivity contribution in [2.45, 2.75) is 39.8 Å². The Bertz CT molecular complexity index is 341. The van der Waals surface area contributed by atoms with E-state index in [0.717, 1.165) is 39.1 Å². The smallest absolute Gasteiger partial charge is 0.0952 e. The summed E-state index contributed by atoms with van der Waals surface area (Å²) < 4.78 is 2.35. The molecule has 0 saturated carbocycles. The van der Waals surface area contributed by atoms with Gasteiger partial charge in [-0.15, -0.1) is 0 Å². The first-order chi connectivity index (χ1) is 8.35. The van der Waals surface area contributed by atoms with Gasteiger partial charge in [0.05, 0.1) is 12.0 Å². The molecule has 1 aliphatic rings. The summed E-state index contributed by atoms with van der Waals surface area (Å²) in [4.78, 5) is 6.96. The van der Waals surface area contributed by atoms with Crippen LogP contribution in [0.5, 0.6) is 0 Å². The maximum Gasteiger partial charge on any atom is 0.0952 e. The Morgan fingerprint density at radius 1 is 1.41 bits per heavy atom. The Morgan fingerprint density at radius 2 is 2.24 bits per heavy atom. The maximum atomic E-state index is 4.48. The van der Waals surface area contributed by atoms with E-state index >= 15 is 0 Å². The zero-order valence-electron chi connectivity index (χ0n) is 11.1. The standard InChI is InChI=1S/C13H24N4/c1-3-16(4-2)8-5-9-17-11-15-12-10-14-7-6-13(12)17/h11,14H,3-10H2,1-2H3. The Kier molecular flexibility index (Phi) is 4.57. The van der Waals surface area contributed by atoms with Crippen LogP contribution in [0.25, 0.3) is 0 Å². The van der Waals surface area contributed by atoms with Crippen LogP contribution in [-0.4, -0.2) is 40.6 Å². The highest BCUT2D eigenvalue weighted by Crippen LogP contribution is 2.12. The lowest BCUT2D eigenvalue weighted by Gasteiger charge is -2.19. The van der Waals surface area contributed by atoms with Crippen LogP contribution in [0.2, 0.25) is 0 Å². The van der Waals surface area contributed by atoms with E-state index in [2.05, 4.69) is 33.6 Å². The van der Waals surface area contributed by atoms with Gasteiger partial charge in [-0.3, -0.25) is 0 Å². The second-order valence-electron chi connectivity index (χ2n) is 4.64.